The minimum atomic E-state index is 0.210. The highest BCUT2D eigenvalue weighted by molar-refractivity contribution is 5.77. The fourth-order valence-electron chi connectivity index (χ4n) is 2.76. The summed E-state index contributed by atoms with van der Waals surface area (Å²) in [6.45, 7) is 5.38. The van der Waals surface area contributed by atoms with Crippen LogP contribution in [0.25, 0.3) is 0 Å². The second-order valence-corrected chi connectivity index (χ2v) is 4.46. The topological polar surface area (TPSA) is 46.3 Å². The zero-order valence-electron chi connectivity index (χ0n) is 8.48. The summed E-state index contributed by atoms with van der Waals surface area (Å²) < 4.78 is 0. The predicted molar refractivity (Wildman–Crippen MR) is 55.6 cm³/mol. The number of nitrogens with two attached hydrogens (primary N) is 1. The van der Waals surface area contributed by atoms with Gasteiger partial charge in [-0.1, -0.05) is 6.08 Å². The highest BCUT2D eigenvalue weighted by atomic mass is 16.2. The van der Waals surface area contributed by atoms with Crippen LogP contribution in [0, 0.1) is 11.8 Å². The first-order valence-electron chi connectivity index (χ1n) is 5.36. The Kier molecular flexibility index (Phi) is 2.59. The van der Waals surface area contributed by atoms with E-state index in [0.29, 0.717) is 24.3 Å². The van der Waals surface area contributed by atoms with Crippen LogP contribution in [0.5, 0.6) is 0 Å². The molecule has 2 rings (SSSR count). The number of likely N-dealkylation sites (tertiary alicyclic amines) is 1. The summed E-state index contributed by atoms with van der Waals surface area (Å²) in [4.78, 5) is 13.6. The molecule has 1 saturated carbocycles. The summed E-state index contributed by atoms with van der Waals surface area (Å²) in [7, 11) is 0. The van der Waals surface area contributed by atoms with Gasteiger partial charge in [0.2, 0.25) is 5.91 Å². The zero-order valence-corrected chi connectivity index (χ0v) is 8.48. The van der Waals surface area contributed by atoms with Gasteiger partial charge in [-0.25, -0.2) is 0 Å². The molecule has 1 heterocycles. The second kappa shape index (κ2) is 3.73. The molecular formula is C11H18N2O. The van der Waals surface area contributed by atoms with Gasteiger partial charge >= 0.3 is 0 Å². The molecule has 2 fully saturated rings. The van der Waals surface area contributed by atoms with E-state index < -0.39 is 0 Å². The maximum atomic E-state index is 11.6. The van der Waals surface area contributed by atoms with Gasteiger partial charge in [-0.3, -0.25) is 4.79 Å². The molecule has 1 aliphatic carbocycles. The summed E-state index contributed by atoms with van der Waals surface area (Å²) in [6.07, 6.45) is 4.48. The van der Waals surface area contributed by atoms with E-state index in [9.17, 15) is 4.79 Å². The molecule has 3 nitrogen and oxygen atoms in total. The van der Waals surface area contributed by atoms with Crippen molar-refractivity contribution >= 4 is 5.91 Å². The molecular weight excluding hydrogens is 176 g/mol. The molecule has 3 heteroatoms. The Balaban J connectivity index is 1.95. The van der Waals surface area contributed by atoms with Crippen LogP contribution in [0.1, 0.15) is 19.3 Å². The van der Waals surface area contributed by atoms with Crippen LogP contribution in [-0.4, -0.2) is 29.9 Å². The van der Waals surface area contributed by atoms with Crippen LogP contribution in [-0.2, 0) is 4.79 Å². The van der Waals surface area contributed by atoms with Gasteiger partial charge in [-0.05, 0) is 24.7 Å². The lowest BCUT2D eigenvalue weighted by Gasteiger charge is -2.17. The number of carbonyl (C=O) groups excluding carboxylic acids is 1. The minimum absolute atomic E-state index is 0.210. The van der Waals surface area contributed by atoms with Gasteiger partial charge in [-0.2, -0.15) is 0 Å². The molecule has 0 aromatic rings. The maximum absolute atomic E-state index is 11.6. The van der Waals surface area contributed by atoms with Crippen LogP contribution in [0.3, 0.4) is 0 Å². The monoisotopic (exact) mass is 194 g/mol. The Morgan fingerprint density at radius 2 is 2.29 bits per heavy atom. The predicted octanol–water partition coefficient (Wildman–Crippen LogP) is 0.758. The van der Waals surface area contributed by atoms with Crippen LogP contribution in [0.4, 0.5) is 0 Å². The first-order valence-corrected chi connectivity index (χ1v) is 5.36. The van der Waals surface area contributed by atoms with Crippen molar-refractivity contribution in [3.8, 4) is 0 Å². The van der Waals surface area contributed by atoms with Crippen molar-refractivity contribution in [1.29, 1.82) is 0 Å². The lowest BCUT2D eigenvalue weighted by atomic mass is 9.98. The molecule has 0 radical (unpaired) electrons. The summed E-state index contributed by atoms with van der Waals surface area (Å²) in [5.41, 5.74) is 6.00. The number of nitrogens with zero attached hydrogens (tertiary/aromatic N) is 1. The molecule has 0 aromatic carbocycles. The van der Waals surface area contributed by atoms with Gasteiger partial charge in [-0.15, -0.1) is 6.58 Å². The number of carbonyl (C=O) groups is 1. The molecule has 2 N–H and O–H groups in total. The number of hydrogen-bond acceptors (Lipinski definition) is 2. The number of rotatable bonds is 2. The van der Waals surface area contributed by atoms with E-state index >= 15 is 0 Å². The second-order valence-electron chi connectivity index (χ2n) is 4.46. The van der Waals surface area contributed by atoms with Crippen molar-refractivity contribution in [3.05, 3.63) is 12.7 Å². The minimum Gasteiger partial charge on any atom is -0.342 e. The Bertz CT molecular complexity index is 252. The number of hydrogen-bond donors (Lipinski definition) is 1. The van der Waals surface area contributed by atoms with E-state index in [-0.39, 0.29) is 5.91 Å². The first kappa shape index (κ1) is 9.71. The molecule has 0 aromatic heterocycles. The maximum Gasteiger partial charge on any atom is 0.226 e. The average molecular weight is 194 g/mol. The fraction of sp³-hybridized carbons (Fsp3) is 0.727. The molecule has 1 saturated heterocycles. The third kappa shape index (κ3) is 1.57. The standard InChI is InChI=1S/C11H18N2O/c1-2-3-11(14)13-6-8-4-5-10(12)9(8)7-13/h2,8-10H,1,3-7,12H2. The Morgan fingerprint density at radius 1 is 1.50 bits per heavy atom. The highest BCUT2D eigenvalue weighted by Gasteiger charge is 2.41. The van der Waals surface area contributed by atoms with Gasteiger partial charge in [0.05, 0.1) is 0 Å². The van der Waals surface area contributed by atoms with Crippen LogP contribution < -0.4 is 5.73 Å². The van der Waals surface area contributed by atoms with E-state index in [4.69, 9.17) is 5.73 Å². The molecule has 3 atom stereocenters. The molecule has 1 aliphatic heterocycles. The zero-order chi connectivity index (χ0) is 10.1. The average Bonchev–Trinajstić information content (AvgIpc) is 2.69. The summed E-state index contributed by atoms with van der Waals surface area (Å²) in [5.74, 6) is 1.43. The first-order chi connectivity index (χ1) is 6.72. The lowest BCUT2D eigenvalue weighted by molar-refractivity contribution is -0.129. The van der Waals surface area contributed by atoms with Gasteiger partial charge in [0.25, 0.3) is 0 Å². The fourth-order valence-corrected chi connectivity index (χ4v) is 2.76. The molecule has 1 amide bonds. The lowest BCUT2D eigenvalue weighted by Crippen LogP contribution is -2.33. The van der Waals surface area contributed by atoms with E-state index in [1.54, 1.807) is 6.08 Å². The van der Waals surface area contributed by atoms with Crippen LogP contribution in [0.2, 0.25) is 0 Å². The Morgan fingerprint density at radius 3 is 2.93 bits per heavy atom. The number of amides is 1. The van der Waals surface area contributed by atoms with Crippen molar-refractivity contribution in [2.75, 3.05) is 13.1 Å². The largest absolute Gasteiger partial charge is 0.342 e. The highest BCUT2D eigenvalue weighted by Crippen LogP contribution is 2.37. The molecule has 3 unspecified atom stereocenters. The van der Waals surface area contributed by atoms with Crippen LogP contribution in [0.15, 0.2) is 12.7 Å². The quantitative estimate of drug-likeness (QED) is 0.660. The van der Waals surface area contributed by atoms with Crippen LogP contribution >= 0.6 is 0 Å². The van der Waals surface area contributed by atoms with Gasteiger partial charge in [0.1, 0.15) is 0 Å². The van der Waals surface area contributed by atoms with Gasteiger partial charge in [0, 0.05) is 25.6 Å². The third-order valence-corrected chi connectivity index (χ3v) is 3.58. The normalized spacial score (nSPS) is 35.8. The SMILES string of the molecule is C=CCC(=O)N1CC2CCC(N)C2C1. The van der Waals surface area contributed by atoms with Crippen molar-refractivity contribution in [2.24, 2.45) is 17.6 Å². The van der Waals surface area contributed by atoms with Crippen molar-refractivity contribution in [1.82, 2.24) is 4.90 Å². The molecule has 14 heavy (non-hydrogen) atoms. The Hall–Kier alpha value is -0.830. The number of fused-ring (bicyclic) bond motifs is 1. The third-order valence-electron chi connectivity index (χ3n) is 3.58. The van der Waals surface area contributed by atoms with E-state index in [0.717, 1.165) is 19.5 Å². The smallest absolute Gasteiger partial charge is 0.226 e. The summed E-state index contributed by atoms with van der Waals surface area (Å²) in [5, 5.41) is 0. The van der Waals surface area contributed by atoms with Gasteiger partial charge < -0.3 is 10.6 Å². The van der Waals surface area contributed by atoms with E-state index in [2.05, 4.69) is 6.58 Å². The van der Waals surface area contributed by atoms with Crippen molar-refractivity contribution < 1.29 is 4.79 Å². The van der Waals surface area contributed by atoms with Gasteiger partial charge in [0.15, 0.2) is 0 Å². The summed E-state index contributed by atoms with van der Waals surface area (Å²) >= 11 is 0. The molecule has 0 spiro atoms. The Labute approximate surface area is 84.9 Å². The molecule has 78 valence electrons. The molecule has 0 bridgehead atoms. The van der Waals surface area contributed by atoms with Crippen molar-refractivity contribution in [3.63, 3.8) is 0 Å². The summed E-state index contributed by atoms with van der Waals surface area (Å²) in [6, 6.07) is 0.321. The van der Waals surface area contributed by atoms with E-state index in [1.807, 2.05) is 4.90 Å². The van der Waals surface area contributed by atoms with E-state index in [1.165, 1.54) is 6.42 Å². The van der Waals surface area contributed by atoms with Crippen molar-refractivity contribution in [2.45, 2.75) is 25.3 Å². The molecule has 2 aliphatic rings.